The highest BCUT2D eigenvalue weighted by atomic mass is 32.2. The van der Waals surface area contributed by atoms with Crippen LogP contribution in [0.25, 0.3) is 10.8 Å². The van der Waals surface area contributed by atoms with E-state index in [9.17, 15) is 13.2 Å². The predicted molar refractivity (Wildman–Crippen MR) is 75.0 cm³/mol. The van der Waals surface area contributed by atoms with E-state index in [1.54, 1.807) is 6.07 Å². The summed E-state index contributed by atoms with van der Waals surface area (Å²) >= 11 is 0. The summed E-state index contributed by atoms with van der Waals surface area (Å²) in [7, 11) is -3.01. The van der Waals surface area contributed by atoms with E-state index in [1.165, 1.54) is 0 Å². The van der Waals surface area contributed by atoms with E-state index in [0.29, 0.717) is 12.0 Å². The third kappa shape index (κ3) is 2.40. The van der Waals surface area contributed by atoms with E-state index >= 15 is 0 Å². The molecule has 1 aliphatic heterocycles. The molecule has 0 spiro atoms. The third-order valence-corrected chi connectivity index (χ3v) is 5.41. The number of ketones is 1. The zero-order valence-corrected chi connectivity index (χ0v) is 11.2. The average Bonchev–Trinajstić information content (AvgIpc) is 2.78. The smallest absolute Gasteiger partial charge is 0.167 e. The molecule has 2 aromatic rings. The van der Waals surface area contributed by atoms with Gasteiger partial charge in [-0.25, -0.2) is 8.42 Å². The van der Waals surface area contributed by atoms with E-state index in [-0.39, 0.29) is 23.2 Å². The lowest BCUT2D eigenvalue weighted by molar-refractivity contribution is 0.0933. The second-order valence-electron chi connectivity index (χ2n) is 5.03. The monoisotopic (exact) mass is 274 g/mol. The standard InChI is InChI=1S/C15H14O3S/c16-15(14-7-8-19(17,18)10-14)13-6-5-11-3-1-2-4-12(11)9-13/h1-6,9,14H,7-8,10H2. The molecule has 2 aromatic carbocycles. The number of Topliss-reactive ketones (excluding diaryl/α,β-unsaturated/α-hetero) is 1. The Morgan fingerprint density at radius 1 is 1.05 bits per heavy atom. The highest BCUT2D eigenvalue weighted by Crippen LogP contribution is 2.24. The van der Waals surface area contributed by atoms with Gasteiger partial charge in [0.2, 0.25) is 0 Å². The van der Waals surface area contributed by atoms with Crippen molar-refractivity contribution in [3.05, 3.63) is 48.0 Å². The molecule has 98 valence electrons. The second-order valence-corrected chi connectivity index (χ2v) is 7.25. The topological polar surface area (TPSA) is 51.2 Å². The number of hydrogen-bond acceptors (Lipinski definition) is 3. The van der Waals surface area contributed by atoms with Crippen LogP contribution in [0.15, 0.2) is 42.5 Å². The Bertz CT molecular complexity index is 747. The number of sulfone groups is 1. The van der Waals surface area contributed by atoms with E-state index in [2.05, 4.69) is 0 Å². The molecule has 0 amide bonds. The molecule has 1 unspecified atom stereocenters. The Kier molecular flexibility index (Phi) is 2.90. The molecule has 0 aromatic heterocycles. The lowest BCUT2D eigenvalue weighted by Crippen LogP contribution is -2.16. The van der Waals surface area contributed by atoms with Gasteiger partial charge < -0.3 is 0 Å². The van der Waals surface area contributed by atoms with Gasteiger partial charge >= 0.3 is 0 Å². The molecule has 1 saturated heterocycles. The van der Waals surface area contributed by atoms with Crippen LogP contribution in [0.1, 0.15) is 16.8 Å². The normalized spacial score (nSPS) is 21.6. The fraction of sp³-hybridized carbons (Fsp3) is 0.267. The lowest BCUT2D eigenvalue weighted by atomic mass is 9.95. The fourth-order valence-corrected chi connectivity index (χ4v) is 4.32. The number of carbonyl (C=O) groups is 1. The SMILES string of the molecule is O=C(c1ccc2ccccc2c1)C1CCS(=O)(=O)C1. The van der Waals surface area contributed by atoms with Crippen LogP contribution < -0.4 is 0 Å². The highest BCUT2D eigenvalue weighted by molar-refractivity contribution is 7.91. The molecule has 1 fully saturated rings. The molecule has 1 atom stereocenters. The Morgan fingerprint density at radius 2 is 1.79 bits per heavy atom. The quantitative estimate of drug-likeness (QED) is 0.790. The van der Waals surface area contributed by atoms with Crippen molar-refractivity contribution in [2.24, 2.45) is 5.92 Å². The molecule has 0 N–H and O–H groups in total. The number of fused-ring (bicyclic) bond motifs is 1. The van der Waals surface area contributed by atoms with Crippen molar-refractivity contribution in [1.82, 2.24) is 0 Å². The maximum absolute atomic E-state index is 12.3. The first-order chi connectivity index (χ1) is 9.05. The van der Waals surface area contributed by atoms with Gasteiger partial charge in [-0.1, -0.05) is 36.4 Å². The molecule has 0 aliphatic carbocycles. The Labute approximate surface area is 112 Å². The van der Waals surface area contributed by atoms with Gasteiger partial charge in [0.15, 0.2) is 15.6 Å². The lowest BCUT2D eigenvalue weighted by Gasteiger charge is -2.07. The minimum absolute atomic E-state index is 0.00133. The zero-order chi connectivity index (χ0) is 13.5. The summed E-state index contributed by atoms with van der Waals surface area (Å²) in [4.78, 5) is 12.3. The van der Waals surface area contributed by atoms with Crippen molar-refractivity contribution >= 4 is 26.4 Å². The highest BCUT2D eigenvalue weighted by Gasteiger charge is 2.33. The van der Waals surface area contributed by atoms with Crippen LogP contribution in [0, 0.1) is 5.92 Å². The first-order valence-corrected chi connectivity index (χ1v) is 8.11. The molecular weight excluding hydrogens is 260 g/mol. The summed E-state index contributed by atoms with van der Waals surface area (Å²) in [6, 6.07) is 13.4. The summed E-state index contributed by atoms with van der Waals surface area (Å²) in [5, 5.41) is 2.09. The van der Waals surface area contributed by atoms with Crippen molar-refractivity contribution in [2.45, 2.75) is 6.42 Å². The summed E-state index contributed by atoms with van der Waals surface area (Å²) in [5.74, 6) is -0.284. The first-order valence-electron chi connectivity index (χ1n) is 6.29. The average molecular weight is 274 g/mol. The van der Waals surface area contributed by atoms with Crippen molar-refractivity contribution in [2.75, 3.05) is 11.5 Å². The van der Waals surface area contributed by atoms with Crippen molar-refractivity contribution in [3.8, 4) is 0 Å². The fourth-order valence-electron chi connectivity index (χ4n) is 2.58. The summed E-state index contributed by atoms with van der Waals surface area (Å²) in [6.07, 6.45) is 0.452. The molecule has 4 heteroatoms. The van der Waals surface area contributed by atoms with Gasteiger partial charge in [-0.2, -0.15) is 0 Å². The Morgan fingerprint density at radius 3 is 2.47 bits per heavy atom. The molecular formula is C15H14O3S. The van der Waals surface area contributed by atoms with E-state index in [1.807, 2.05) is 36.4 Å². The van der Waals surface area contributed by atoms with Crippen LogP contribution in [-0.4, -0.2) is 25.7 Å². The van der Waals surface area contributed by atoms with Gasteiger partial charge in [-0.3, -0.25) is 4.79 Å². The Balaban J connectivity index is 1.94. The molecule has 0 bridgehead atoms. The minimum Gasteiger partial charge on any atom is -0.294 e. The molecule has 0 saturated carbocycles. The maximum atomic E-state index is 12.3. The van der Waals surface area contributed by atoms with Crippen LogP contribution in [0.5, 0.6) is 0 Å². The van der Waals surface area contributed by atoms with Crippen LogP contribution in [-0.2, 0) is 9.84 Å². The molecule has 1 aliphatic rings. The van der Waals surface area contributed by atoms with Crippen molar-refractivity contribution < 1.29 is 13.2 Å². The van der Waals surface area contributed by atoms with Crippen LogP contribution in [0.2, 0.25) is 0 Å². The van der Waals surface area contributed by atoms with Crippen LogP contribution in [0.4, 0.5) is 0 Å². The molecule has 19 heavy (non-hydrogen) atoms. The van der Waals surface area contributed by atoms with Gasteiger partial charge in [0.25, 0.3) is 0 Å². The second kappa shape index (κ2) is 4.46. The van der Waals surface area contributed by atoms with Crippen LogP contribution >= 0.6 is 0 Å². The summed E-state index contributed by atoms with van der Waals surface area (Å²) < 4.78 is 22.9. The Hall–Kier alpha value is -1.68. The number of rotatable bonds is 2. The minimum atomic E-state index is -3.01. The van der Waals surface area contributed by atoms with Crippen molar-refractivity contribution in [1.29, 1.82) is 0 Å². The van der Waals surface area contributed by atoms with Crippen LogP contribution in [0.3, 0.4) is 0 Å². The number of benzene rings is 2. The van der Waals surface area contributed by atoms with Gasteiger partial charge in [0.1, 0.15) is 0 Å². The summed E-state index contributed by atoms with van der Waals surface area (Å²) in [5.41, 5.74) is 0.612. The maximum Gasteiger partial charge on any atom is 0.167 e. The largest absolute Gasteiger partial charge is 0.294 e. The molecule has 3 rings (SSSR count). The van der Waals surface area contributed by atoms with Gasteiger partial charge in [-0.15, -0.1) is 0 Å². The van der Waals surface area contributed by atoms with Gasteiger partial charge in [-0.05, 0) is 23.3 Å². The zero-order valence-electron chi connectivity index (χ0n) is 10.4. The van der Waals surface area contributed by atoms with Gasteiger partial charge in [0, 0.05) is 11.5 Å². The predicted octanol–water partition coefficient (Wildman–Crippen LogP) is 2.46. The van der Waals surface area contributed by atoms with Crippen molar-refractivity contribution in [3.63, 3.8) is 0 Å². The summed E-state index contributed by atoms with van der Waals surface area (Å²) in [6.45, 7) is 0. The van der Waals surface area contributed by atoms with E-state index in [0.717, 1.165) is 10.8 Å². The van der Waals surface area contributed by atoms with E-state index in [4.69, 9.17) is 0 Å². The van der Waals surface area contributed by atoms with E-state index < -0.39 is 9.84 Å². The molecule has 3 nitrogen and oxygen atoms in total. The van der Waals surface area contributed by atoms with Gasteiger partial charge in [0.05, 0.1) is 11.5 Å². The first kappa shape index (κ1) is 12.4. The molecule has 1 heterocycles. The third-order valence-electron chi connectivity index (χ3n) is 3.64. The number of carbonyl (C=O) groups excluding carboxylic acids is 1. The number of hydrogen-bond donors (Lipinski definition) is 0. The molecule has 0 radical (unpaired) electrons.